The summed E-state index contributed by atoms with van der Waals surface area (Å²) in [6.45, 7) is 1.81. The van der Waals surface area contributed by atoms with Crippen LogP contribution in [0.15, 0.2) is 29.8 Å². The van der Waals surface area contributed by atoms with E-state index >= 15 is 0 Å². The van der Waals surface area contributed by atoms with Crippen molar-refractivity contribution in [3.63, 3.8) is 0 Å². The van der Waals surface area contributed by atoms with E-state index in [4.69, 9.17) is 0 Å². The van der Waals surface area contributed by atoms with Gasteiger partial charge in [-0.05, 0) is 30.7 Å². The lowest BCUT2D eigenvalue weighted by Crippen LogP contribution is -2.16. The first-order valence-corrected chi connectivity index (χ1v) is 5.29. The summed E-state index contributed by atoms with van der Waals surface area (Å²) >= 11 is 0. The topological polar surface area (TPSA) is 21.3 Å². The van der Waals surface area contributed by atoms with E-state index in [0.717, 1.165) is 25.1 Å². The Hall–Kier alpha value is -1.49. The lowest BCUT2D eigenvalue weighted by Gasteiger charge is -2.08. The summed E-state index contributed by atoms with van der Waals surface area (Å²) in [6.07, 6.45) is -1.66. The summed E-state index contributed by atoms with van der Waals surface area (Å²) in [6, 6.07) is 5.88. The van der Waals surface area contributed by atoms with Crippen LogP contribution in [0.3, 0.4) is 0 Å². The van der Waals surface area contributed by atoms with Gasteiger partial charge in [0.1, 0.15) is 5.75 Å². The standard InChI is InChI=1S/C12H12F3NO/c13-12(14,15)17-11-3-1-9(2-4-11)7-10-5-6-16-8-10/h1-4,7,16H,5-6,8H2/b10-7+. The smallest absolute Gasteiger partial charge is 0.406 e. The van der Waals surface area contributed by atoms with E-state index < -0.39 is 6.36 Å². The van der Waals surface area contributed by atoms with Crippen molar-refractivity contribution in [1.29, 1.82) is 0 Å². The van der Waals surface area contributed by atoms with E-state index in [9.17, 15) is 13.2 Å². The van der Waals surface area contributed by atoms with Crippen molar-refractivity contribution < 1.29 is 17.9 Å². The minimum absolute atomic E-state index is 0.191. The van der Waals surface area contributed by atoms with Crippen LogP contribution in [-0.4, -0.2) is 19.5 Å². The minimum atomic E-state index is -4.63. The quantitative estimate of drug-likeness (QED) is 0.862. The molecule has 1 N–H and O–H groups in total. The van der Waals surface area contributed by atoms with Gasteiger partial charge in [-0.25, -0.2) is 0 Å². The lowest BCUT2D eigenvalue weighted by atomic mass is 10.1. The molecule has 1 aromatic carbocycles. The van der Waals surface area contributed by atoms with Crippen molar-refractivity contribution in [2.24, 2.45) is 0 Å². The first kappa shape index (κ1) is 12.0. The zero-order chi connectivity index (χ0) is 12.3. The molecular formula is C12H12F3NO. The van der Waals surface area contributed by atoms with Crippen LogP contribution in [0, 0.1) is 0 Å². The van der Waals surface area contributed by atoms with E-state index in [1.54, 1.807) is 12.1 Å². The molecule has 0 saturated carbocycles. The number of alkyl halides is 3. The van der Waals surface area contributed by atoms with E-state index in [1.807, 2.05) is 6.08 Å². The third kappa shape index (κ3) is 3.78. The summed E-state index contributed by atoms with van der Waals surface area (Å²) in [5.74, 6) is -0.191. The molecule has 2 nitrogen and oxygen atoms in total. The Morgan fingerprint density at radius 3 is 2.41 bits per heavy atom. The maximum Gasteiger partial charge on any atom is 0.573 e. The molecule has 2 rings (SSSR count). The molecule has 1 saturated heterocycles. The van der Waals surface area contributed by atoms with Gasteiger partial charge in [0.05, 0.1) is 0 Å². The predicted octanol–water partition coefficient (Wildman–Crippen LogP) is 2.96. The van der Waals surface area contributed by atoms with Gasteiger partial charge in [-0.1, -0.05) is 23.8 Å². The fourth-order valence-electron chi connectivity index (χ4n) is 1.71. The zero-order valence-corrected chi connectivity index (χ0v) is 9.05. The molecule has 0 aliphatic carbocycles. The van der Waals surface area contributed by atoms with Crippen LogP contribution in [0.5, 0.6) is 5.75 Å². The number of ether oxygens (including phenoxy) is 1. The molecule has 0 unspecified atom stereocenters. The van der Waals surface area contributed by atoms with Gasteiger partial charge in [-0.2, -0.15) is 0 Å². The fraction of sp³-hybridized carbons (Fsp3) is 0.333. The molecule has 0 radical (unpaired) electrons. The second-order valence-corrected chi connectivity index (χ2v) is 3.85. The maximum absolute atomic E-state index is 11.9. The highest BCUT2D eigenvalue weighted by molar-refractivity contribution is 5.54. The summed E-state index contributed by atoms with van der Waals surface area (Å²) in [7, 11) is 0. The summed E-state index contributed by atoms with van der Waals surface area (Å²) in [5.41, 5.74) is 2.15. The van der Waals surface area contributed by atoms with E-state index in [-0.39, 0.29) is 5.75 Å². The molecule has 0 bridgehead atoms. The van der Waals surface area contributed by atoms with Crippen LogP contribution >= 0.6 is 0 Å². The highest BCUT2D eigenvalue weighted by atomic mass is 19.4. The summed E-state index contributed by atoms with van der Waals surface area (Å²) in [4.78, 5) is 0. The van der Waals surface area contributed by atoms with Gasteiger partial charge in [0.2, 0.25) is 0 Å². The SMILES string of the molecule is FC(F)(F)Oc1ccc(/C=C2\CCNC2)cc1. The predicted molar refractivity (Wildman–Crippen MR) is 58.6 cm³/mol. The largest absolute Gasteiger partial charge is 0.573 e. The van der Waals surface area contributed by atoms with Gasteiger partial charge in [0.25, 0.3) is 0 Å². The Morgan fingerprint density at radius 2 is 1.88 bits per heavy atom. The number of hydrogen-bond donors (Lipinski definition) is 1. The molecular weight excluding hydrogens is 231 g/mol. The lowest BCUT2D eigenvalue weighted by molar-refractivity contribution is -0.274. The van der Waals surface area contributed by atoms with Crippen molar-refractivity contribution in [2.75, 3.05) is 13.1 Å². The van der Waals surface area contributed by atoms with Crippen molar-refractivity contribution in [2.45, 2.75) is 12.8 Å². The van der Waals surface area contributed by atoms with E-state index in [1.165, 1.54) is 17.7 Å². The van der Waals surface area contributed by atoms with E-state index in [0.29, 0.717) is 0 Å². The molecule has 0 atom stereocenters. The van der Waals surface area contributed by atoms with Gasteiger partial charge in [0, 0.05) is 6.54 Å². The number of halogens is 3. The average molecular weight is 243 g/mol. The van der Waals surface area contributed by atoms with Crippen LogP contribution in [0.25, 0.3) is 6.08 Å². The third-order valence-electron chi connectivity index (χ3n) is 2.46. The van der Waals surface area contributed by atoms with Gasteiger partial charge in [-0.3, -0.25) is 0 Å². The second kappa shape index (κ2) is 4.79. The normalized spacial score (nSPS) is 18.6. The maximum atomic E-state index is 11.9. The van der Waals surface area contributed by atoms with Crippen LogP contribution in [0.2, 0.25) is 0 Å². The Labute approximate surface area is 97.1 Å². The van der Waals surface area contributed by atoms with Gasteiger partial charge >= 0.3 is 6.36 Å². The molecule has 17 heavy (non-hydrogen) atoms. The molecule has 0 spiro atoms. The highest BCUT2D eigenvalue weighted by Crippen LogP contribution is 2.23. The fourth-order valence-corrected chi connectivity index (χ4v) is 1.71. The van der Waals surface area contributed by atoms with Crippen LogP contribution in [0.4, 0.5) is 13.2 Å². The number of nitrogens with one attached hydrogen (secondary N) is 1. The molecule has 92 valence electrons. The molecule has 1 aromatic rings. The number of hydrogen-bond acceptors (Lipinski definition) is 2. The molecule has 5 heteroatoms. The first-order chi connectivity index (χ1) is 8.03. The van der Waals surface area contributed by atoms with Gasteiger partial charge < -0.3 is 10.1 Å². The van der Waals surface area contributed by atoms with Gasteiger partial charge in [-0.15, -0.1) is 13.2 Å². The minimum Gasteiger partial charge on any atom is -0.406 e. The Morgan fingerprint density at radius 1 is 1.18 bits per heavy atom. The van der Waals surface area contributed by atoms with Crippen molar-refractivity contribution >= 4 is 6.08 Å². The monoisotopic (exact) mass is 243 g/mol. The number of benzene rings is 1. The molecule has 1 aliphatic heterocycles. The third-order valence-corrected chi connectivity index (χ3v) is 2.46. The van der Waals surface area contributed by atoms with E-state index in [2.05, 4.69) is 10.1 Å². The first-order valence-electron chi connectivity index (χ1n) is 5.29. The number of rotatable bonds is 2. The van der Waals surface area contributed by atoms with Crippen LogP contribution in [0.1, 0.15) is 12.0 Å². The molecule has 1 heterocycles. The Kier molecular flexibility index (Phi) is 3.38. The Bertz CT molecular complexity index is 401. The molecule has 0 amide bonds. The average Bonchev–Trinajstić information content (AvgIpc) is 2.71. The molecule has 0 aromatic heterocycles. The van der Waals surface area contributed by atoms with Crippen LogP contribution in [-0.2, 0) is 0 Å². The van der Waals surface area contributed by atoms with Gasteiger partial charge in [0.15, 0.2) is 0 Å². The highest BCUT2D eigenvalue weighted by Gasteiger charge is 2.30. The molecule has 1 fully saturated rings. The second-order valence-electron chi connectivity index (χ2n) is 3.85. The zero-order valence-electron chi connectivity index (χ0n) is 9.05. The Balaban J connectivity index is 2.05. The van der Waals surface area contributed by atoms with Crippen LogP contribution < -0.4 is 10.1 Å². The summed E-state index contributed by atoms with van der Waals surface area (Å²) in [5, 5.41) is 3.19. The van der Waals surface area contributed by atoms with Crippen molar-refractivity contribution in [3.8, 4) is 5.75 Å². The molecule has 1 aliphatic rings. The summed E-state index contributed by atoms with van der Waals surface area (Å²) < 4.78 is 39.6. The van der Waals surface area contributed by atoms with Crippen molar-refractivity contribution in [1.82, 2.24) is 5.32 Å². The van der Waals surface area contributed by atoms with Crippen molar-refractivity contribution in [3.05, 3.63) is 35.4 Å².